The molecule has 61 heavy (non-hydrogen) atoms. The number of anilines is 1. The van der Waals surface area contributed by atoms with Gasteiger partial charge in [0.2, 0.25) is 17.7 Å². The van der Waals surface area contributed by atoms with Crippen LogP contribution in [-0.2, 0) is 32.1 Å². The van der Waals surface area contributed by atoms with E-state index < -0.39 is 29.7 Å². The van der Waals surface area contributed by atoms with E-state index in [0.29, 0.717) is 63.6 Å². The van der Waals surface area contributed by atoms with Crippen LogP contribution in [0.1, 0.15) is 94.0 Å². The first-order valence-corrected chi connectivity index (χ1v) is 20.8. The fourth-order valence-electron chi connectivity index (χ4n) is 8.81. The van der Waals surface area contributed by atoms with Gasteiger partial charge in [-0.1, -0.05) is 24.3 Å². The van der Waals surface area contributed by atoms with Gasteiger partial charge < -0.3 is 20.3 Å². The van der Waals surface area contributed by atoms with Crippen LogP contribution in [0.4, 0.5) is 5.69 Å². The largest absolute Gasteiger partial charge is 0.384 e. The molecule has 3 aromatic heterocycles. The molecule has 7 heterocycles. The van der Waals surface area contributed by atoms with E-state index >= 15 is 0 Å². The lowest BCUT2D eigenvalue weighted by atomic mass is 9.96. The minimum absolute atomic E-state index is 0.0518. The number of hydrogen-bond acceptors (Lipinski definition) is 11. The average molecular weight is 824 g/mol. The number of hydrogen-bond donors (Lipinski definition) is 3. The Hall–Kier alpha value is -6.81. The summed E-state index contributed by atoms with van der Waals surface area (Å²) in [7, 11) is 0. The van der Waals surface area contributed by atoms with Crippen molar-refractivity contribution in [3.05, 3.63) is 95.1 Å². The minimum Gasteiger partial charge on any atom is -0.384 e. The molecule has 2 fully saturated rings. The summed E-state index contributed by atoms with van der Waals surface area (Å²) < 4.78 is 7.84. The van der Waals surface area contributed by atoms with Crippen molar-refractivity contribution < 1.29 is 33.5 Å². The van der Waals surface area contributed by atoms with Crippen molar-refractivity contribution in [1.29, 1.82) is 0 Å². The van der Waals surface area contributed by atoms with E-state index in [1.807, 2.05) is 35.4 Å². The van der Waals surface area contributed by atoms with Gasteiger partial charge in [0.05, 0.1) is 28.6 Å². The van der Waals surface area contributed by atoms with Gasteiger partial charge in [-0.2, -0.15) is 5.10 Å². The Labute approximate surface area is 351 Å². The number of nitrogens with one attached hydrogen (secondary N) is 3. The highest BCUT2D eigenvalue weighted by Crippen LogP contribution is 2.38. The quantitative estimate of drug-likeness (QED) is 0.126. The van der Waals surface area contributed by atoms with Gasteiger partial charge in [0.25, 0.3) is 17.7 Å². The second-order valence-electron chi connectivity index (χ2n) is 15.8. The van der Waals surface area contributed by atoms with Gasteiger partial charge in [0, 0.05) is 105 Å². The van der Waals surface area contributed by atoms with E-state index in [4.69, 9.17) is 14.8 Å². The summed E-state index contributed by atoms with van der Waals surface area (Å²) in [6.45, 7) is 5.10. The van der Waals surface area contributed by atoms with E-state index in [1.54, 1.807) is 37.4 Å². The molecule has 5 aromatic rings. The lowest BCUT2D eigenvalue weighted by molar-refractivity contribution is -0.136. The summed E-state index contributed by atoms with van der Waals surface area (Å²) in [5.74, 6) is -2.45. The Morgan fingerprint density at radius 3 is 2.48 bits per heavy atom. The second-order valence-corrected chi connectivity index (χ2v) is 15.8. The van der Waals surface area contributed by atoms with Gasteiger partial charge in [-0.25, -0.2) is 0 Å². The smallest absolute Gasteiger partial charge is 0.269 e. The van der Waals surface area contributed by atoms with Crippen molar-refractivity contribution in [2.75, 3.05) is 38.2 Å². The molecule has 16 heteroatoms. The molecular weight excluding hydrogens is 779 g/mol. The molecule has 4 aliphatic rings. The van der Waals surface area contributed by atoms with Crippen LogP contribution in [0.2, 0.25) is 0 Å². The van der Waals surface area contributed by atoms with E-state index in [9.17, 15) is 28.8 Å². The minimum atomic E-state index is -1.03. The van der Waals surface area contributed by atoms with Gasteiger partial charge in [0.15, 0.2) is 0 Å². The lowest BCUT2D eigenvalue weighted by Gasteiger charge is -2.29. The predicted molar refractivity (Wildman–Crippen MR) is 223 cm³/mol. The van der Waals surface area contributed by atoms with E-state index in [1.165, 1.54) is 5.69 Å². The van der Waals surface area contributed by atoms with Crippen molar-refractivity contribution in [2.45, 2.75) is 70.5 Å². The Kier molecular flexibility index (Phi) is 10.8. The Bertz CT molecular complexity index is 2600. The summed E-state index contributed by atoms with van der Waals surface area (Å²) in [6.07, 6.45) is 7.50. The maximum absolute atomic E-state index is 13.3. The number of aromatic nitrogens is 4. The fourth-order valence-corrected chi connectivity index (χ4v) is 8.81. The van der Waals surface area contributed by atoms with Crippen molar-refractivity contribution in [3.8, 4) is 22.5 Å². The third-order valence-electron chi connectivity index (χ3n) is 12.1. The average Bonchev–Trinajstić information content (AvgIpc) is 3.78. The highest BCUT2D eigenvalue weighted by molar-refractivity contribution is 6.25. The van der Waals surface area contributed by atoms with Gasteiger partial charge >= 0.3 is 0 Å². The zero-order valence-corrected chi connectivity index (χ0v) is 33.7. The SMILES string of the molecule is CC(=O)N1CCc2c(c(-c3cccc4cc(-c5ccc(C(=O)NCCCCNc6cccc7c6C(=O)N(C6CCC(=O)NC6=O)C7=O)nc5)ncc34)nn2C2CCOCC2)C1. The van der Waals surface area contributed by atoms with Crippen molar-refractivity contribution >= 4 is 51.9 Å². The second kappa shape index (κ2) is 16.7. The molecule has 2 aromatic carbocycles. The van der Waals surface area contributed by atoms with E-state index in [0.717, 1.165) is 57.3 Å². The molecule has 1 atom stereocenters. The highest BCUT2D eigenvalue weighted by atomic mass is 16.5. The maximum atomic E-state index is 13.3. The topological polar surface area (TPSA) is 198 Å². The predicted octanol–water partition coefficient (Wildman–Crippen LogP) is 4.44. The van der Waals surface area contributed by atoms with Gasteiger partial charge in [-0.3, -0.25) is 53.6 Å². The van der Waals surface area contributed by atoms with Crippen LogP contribution in [0.3, 0.4) is 0 Å². The summed E-state index contributed by atoms with van der Waals surface area (Å²) in [5.41, 5.74) is 6.80. The number of ether oxygens (including phenoxy) is 1. The first kappa shape index (κ1) is 39.6. The summed E-state index contributed by atoms with van der Waals surface area (Å²) >= 11 is 0. The van der Waals surface area contributed by atoms with E-state index in [2.05, 4.69) is 31.7 Å². The fraction of sp³-hybridized carbons (Fsp3) is 0.356. The Morgan fingerprint density at radius 2 is 1.69 bits per heavy atom. The highest BCUT2D eigenvalue weighted by Gasteiger charge is 2.45. The lowest BCUT2D eigenvalue weighted by Crippen LogP contribution is -2.54. The molecule has 2 saturated heterocycles. The number of benzene rings is 2. The van der Waals surface area contributed by atoms with Crippen LogP contribution in [-0.4, -0.2) is 104 Å². The van der Waals surface area contributed by atoms with Crippen LogP contribution < -0.4 is 16.0 Å². The summed E-state index contributed by atoms with van der Waals surface area (Å²) in [6, 6.07) is 15.8. The molecule has 1 unspecified atom stereocenters. The number of piperidine rings is 1. The molecule has 6 amide bonds. The van der Waals surface area contributed by atoms with Crippen LogP contribution in [0.5, 0.6) is 0 Å². The van der Waals surface area contributed by atoms with Crippen LogP contribution in [0.25, 0.3) is 33.3 Å². The molecule has 0 bridgehead atoms. The number of amides is 6. The number of carbonyl (C=O) groups excluding carboxylic acids is 6. The third kappa shape index (κ3) is 7.63. The van der Waals surface area contributed by atoms with Gasteiger partial charge in [-0.15, -0.1) is 0 Å². The summed E-state index contributed by atoms with van der Waals surface area (Å²) in [4.78, 5) is 88.0. The third-order valence-corrected chi connectivity index (χ3v) is 12.1. The van der Waals surface area contributed by atoms with Crippen molar-refractivity contribution in [1.82, 2.24) is 40.2 Å². The van der Waals surface area contributed by atoms with Crippen LogP contribution in [0.15, 0.2) is 67.0 Å². The Morgan fingerprint density at radius 1 is 0.885 bits per heavy atom. The number of rotatable bonds is 11. The van der Waals surface area contributed by atoms with Crippen LogP contribution >= 0.6 is 0 Å². The molecule has 9 rings (SSSR count). The molecule has 16 nitrogen and oxygen atoms in total. The van der Waals surface area contributed by atoms with E-state index in [-0.39, 0.29) is 47.5 Å². The number of unbranched alkanes of at least 4 members (excludes halogenated alkanes) is 1. The number of nitrogens with zero attached hydrogens (tertiary/aromatic N) is 6. The molecule has 0 aliphatic carbocycles. The molecule has 0 radical (unpaired) electrons. The molecule has 4 aliphatic heterocycles. The molecule has 312 valence electrons. The number of pyridine rings is 2. The Balaban J connectivity index is 0.813. The first-order chi connectivity index (χ1) is 29.7. The van der Waals surface area contributed by atoms with Gasteiger partial charge in [0.1, 0.15) is 11.7 Å². The number of imide groups is 2. The zero-order chi connectivity index (χ0) is 42.2. The zero-order valence-electron chi connectivity index (χ0n) is 33.7. The van der Waals surface area contributed by atoms with Gasteiger partial charge in [-0.05, 0) is 67.8 Å². The normalized spacial score (nSPS) is 18.0. The van der Waals surface area contributed by atoms with Crippen molar-refractivity contribution in [3.63, 3.8) is 0 Å². The number of fused-ring (bicyclic) bond motifs is 3. The molecular formula is C45H45N9O7. The molecule has 3 N–H and O–H groups in total. The standard InChI is InChI=1S/C45H45N9O7/c1-26(55)52-19-14-37-33(25-52)41(51-54(37)29-15-20-61-21-16-29)30-7-4-6-27-22-36(49-24-32(27)30)28-10-11-35(48-23-28)42(57)47-18-3-2-17-46-34-9-5-8-31-40(34)45(60)53(44(31)59)38-12-13-39(56)50-43(38)58/h4-11,22-24,29,38,46H,2-3,12-21,25H2,1H3,(H,47,57)(H,50,56,58). The van der Waals surface area contributed by atoms with Crippen LogP contribution in [0, 0.1) is 0 Å². The maximum Gasteiger partial charge on any atom is 0.269 e. The molecule has 0 spiro atoms. The summed E-state index contributed by atoms with van der Waals surface area (Å²) in [5, 5.41) is 15.5. The van der Waals surface area contributed by atoms with Crippen molar-refractivity contribution in [2.24, 2.45) is 0 Å². The first-order valence-electron chi connectivity index (χ1n) is 20.8. The molecule has 0 saturated carbocycles. The number of carbonyl (C=O) groups is 6. The monoisotopic (exact) mass is 823 g/mol.